The fraction of sp³-hybridized carbons (Fsp3) is 0.154. The number of halogens is 1. The largest absolute Gasteiger partial charge is 0.359 e. The van der Waals surface area contributed by atoms with Crippen molar-refractivity contribution in [2.75, 3.05) is 10.2 Å². The van der Waals surface area contributed by atoms with E-state index in [2.05, 4.69) is 36.3 Å². The van der Waals surface area contributed by atoms with E-state index in [1.165, 1.54) is 0 Å². The first kappa shape index (κ1) is 21.5. The van der Waals surface area contributed by atoms with Crippen molar-refractivity contribution >= 4 is 50.2 Å². The minimum atomic E-state index is 0.000285. The first-order valence-corrected chi connectivity index (χ1v) is 12.0. The zero-order valence-electron chi connectivity index (χ0n) is 19.4. The summed E-state index contributed by atoms with van der Waals surface area (Å²) in [6, 6.07) is 13.8. The second-order valence-electron chi connectivity index (χ2n) is 8.74. The summed E-state index contributed by atoms with van der Waals surface area (Å²) < 4.78 is 2.70. The number of carbonyl (C=O) groups is 1. The smallest absolute Gasteiger partial charge is 0.259 e. The number of aromatic nitrogens is 5. The number of amides is 1. The number of aromatic amines is 1. The van der Waals surface area contributed by atoms with Gasteiger partial charge in [-0.2, -0.15) is 5.10 Å². The zero-order valence-corrected chi connectivity index (χ0v) is 21.0. The lowest BCUT2D eigenvalue weighted by atomic mass is 10.1. The van der Waals surface area contributed by atoms with Crippen LogP contribution in [0, 0.1) is 13.8 Å². The van der Waals surface area contributed by atoms with Gasteiger partial charge in [-0.25, -0.2) is 9.97 Å². The van der Waals surface area contributed by atoms with Gasteiger partial charge >= 0.3 is 0 Å². The summed E-state index contributed by atoms with van der Waals surface area (Å²) in [5.41, 5.74) is 7.26. The number of aryl methyl sites for hydroxylation is 3. The third-order valence-corrected chi connectivity index (χ3v) is 6.93. The number of anilines is 3. The van der Waals surface area contributed by atoms with Gasteiger partial charge in [0.1, 0.15) is 0 Å². The van der Waals surface area contributed by atoms with Gasteiger partial charge in [0.15, 0.2) is 5.82 Å². The molecule has 0 unspecified atom stereocenters. The van der Waals surface area contributed by atoms with Crippen LogP contribution in [0.25, 0.3) is 22.2 Å². The van der Waals surface area contributed by atoms with Gasteiger partial charge in [-0.05, 0) is 43.2 Å². The summed E-state index contributed by atoms with van der Waals surface area (Å²) in [5, 5.41) is 8.63. The summed E-state index contributed by atoms with van der Waals surface area (Å²) in [6.45, 7) is 4.52. The summed E-state index contributed by atoms with van der Waals surface area (Å²) in [6.07, 6.45) is 3.75. The number of rotatable bonds is 4. The van der Waals surface area contributed by atoms with Crippen molar-refractivity contribution in [2.24, 2.45) is 7.05 Å². The molecule has 8 nitrogen and oxygen atoms in total. The number of para-hydroxylation sites is 1. The number of nitrogens with one attached hydrogen (secondary N) is 2. The van der Waals surface area contributed by atoms with Crippen LogP contribution in [0.5, 0.6) is 0 Å². The van der Waals surface area contributed by atoms with Gasteiger partial charge in [0, 0.05) is 52.2 Å². The maximum atomic E-state index is 13.2. The number of hydrogen-bond donors (Lipinski definition) is 2. The fourth-order valence-electron chi connectivity index (χ4n) is 4.54. The molecule has 0 bridgehead atoms. The van der Waals surface area contributed by atoms with E-state index in [0.29, 0.717) is 18.3 Å². The van der Waals surface area contributed by atoms with Crippen LogP contribution in [0.1, 0.15) is 27.2 Å². The van der Waals surface area contributed by atoms with E-state index in [1.54, 1.807) is 4.68 Å². The lowest BCUT2D eigenvalue weighted by Crippen LogP contribution is -2.23. The maximum Gasteiger partial charge on any atom is 0.259 e. The second-order valence-corrected chi connectivity index (χ2v) is 9.66. The van der Waals surface area contributed by atoms with Crippen LogP contribution < -0.4 is 10.2 Å². The van der Waals surface area contributed by atoms with Crippen LogP contribution in [0.15, 0.2) is 59.3 Å². The number of fused-ring (bicyclic) bond motifs is 2. The Morgan fingerprint density at radius 3 is 2.77 bits per heavy atom. The first-order valence-electron chi connectivity index (χ1n) is 11.2. The minimum absolute atomic E-state index is 0.000285. The highest BCUT2D eigenvalue weighted by atomic mass is 79.9. The summed E-state index contributed by atoms with van der Waals surface area (Å²) in [4.78, 5) is 27.7. The maximum absolute atomic E-state index is 13.2. The highest BCUT2D eigenvalue weighted by Gasteiger charge is 2.30. The molecule has 4 heterocycles. The molecule has 9 heteroatoms. The molecular formula is C26H22BrN7O. The molecule has 6 rings (SSSR count). The molecular weight excluding hydrogens is 506 g/mol. The van der Waals surface area contributed by atoms with Gasteiger partial charge in [0.2, 0.25) is 5.95 Å². The van der Waals surface area contributed by atoms with Crippen LogP contribution in [-0.2, 0) is 13.6 Å². The summed E-state index contributed by atoms with van der Waals surface area (Å²) in [7, 11) is 1.90. The monoisotopic (exact) mass is 527 g/mol. The molecule has 2 N–H and O–H groups in total. The molecule has 0 radical (unpaired) electrons. The highest BCUT2D eigenvalue weighted by molar-refractivity contribution is 9.10. The van der Waals surface area contributed by atoms with E-state index in [4.69, 9.17) is 4.98 Å². The Morgan fingerprint density at radius 2 is 1.97 bits per heavy atom. The van der Waals surface area contributed by atoms with Crippen molar-refractivity contribution in [3.63, 3.8) is 0 Å². The fourth-order valence-corrected chi connectivity index (χ4v) is 4.90. The van der Waals surface area contributed by atoms with E-state index in [9.17, 15) is 4.79 Å². The molecule has 0 atom stereocenters. The van der Waals surface area contributed by atoms with E-state index >= 15 is 0 Å². The molecule has 0 saturated heterocycles. The Bertz CT molecular complexity index is 1620. The van der Waals surface area contributed by atoms with E-state index in [1.807, 2.05) is 80.7 Å². The predicted molar refractivity (Wildman–Crippen MR) is 140 cm³/mol. The molecule has 1 aliphatic heterocycles. The van der Waals surface area contributed by atoms with Crippen LogP contribution in [0.3, 0.4) is 0 Å². The first-order chi connectivity index (χ1) is 16.9. The van der Waals surface area contributed by atoms with Crippen molar-refractivity contribution in [3.05, 3.63) is 81.7 Å². The molecule has 5 aromatic rings. The summed E-state index contributed by atoms with van der Waals surface area (Å²) in [5.74, 6) is 1.17. The normalized spacial score (nSPS) is 13.0. The average Bonchev–Trinajstić information content (AvgIpc) is 3.50. The standard InChI is InChI=1S/C26H22BrN7O/c1-14-11-29-26(30-22-9-15(2)33(3)32-22)31-23(14)20-12-28-24-18(20)5-4-6-21(24)34-13-16-7-8-17(27)10-19(16)25(34)35/h4-12,28H,13H2,1-3H3,(H,29,30,31,32). The second kappa shape index (κ2) is 8.06. The molecule has 0 spiro atoms. The van der Waals surface area contributed by atoms with Crippen LogP contribution >= 0.6 is 15.9 Å². The number of carbonyl (C=O) groups excluding carboxylic acids is 1. The number of benzene rings is 2. The Morgan fingerprint density at radius 1 is 1.11 bits per heavy atom. The van der Waals surface area contributed by atoms with Crippen molar-refractivity contribution in [1.29, 1.82) is 0 Å². The SMILES string of the molecule is Cc1cnc(Nc2cc(C)n(C)n2)nc1-c1c[nH]c2c(N3Cc4ccc(Br)cc4C3=O)cccc12. The Balaban J connectivity index is 1.39. The molecule has 0 saturated carbocycles. The van der Waals surface area contributed by atoms with Crippen molar-refractivity contribution < 1.29 is 4.79 Å². The minimum Gasteiger partial charge on any atom is -0.359 e. The molecule has 1 amide bonds. The lowest BCUT2D eigenvalue weighted by Gasteiger charge is -2.17. The number of hydrogen-bond acceptors (Lipinski definition) is 5. The number of H-pyrrole nitrogens is 1. The van der Waals surface area contributed by atoms with Gasteiger partial charge in [-0.3, -0.25) is 9.48 Å². The Kier molecular flexibility index (Phi) is 4.96. The van der Waals surface area contributed by atoms with Crippen LogP contribution in [-0.4, -0.2) is 30.6 Å². The Labute approximate surface area is 210 Å². The molecule has 2 aromatic carbocycles. The van der Waals surface area contributed by atoms with Gasteiger partial charge < -0.3 is 15.2 Å². The van der Waals surface area contributed by atoms with Crippen molar-refractivity contribution in [2.45, 2.75) is 20.4 Å². The Hall–Kier alpha value is -3.98. The topological polar surface area (TPSA) is 91.7 Å². The third-order valence-electron chi connectivity index (χ3n) is 6.44. The highest BCUT2D eigenvalue weighted by Crippen LogP contribution is 2.38. The van der Waals surface area contributed by atoms with E-state index in [-0.39, 0.29) is 5.91 Å². The van der Waals surface area contributed by atoms with Crippen molar-refractivity contribution in [1.82, 2.24) is 24.7 Å². The van der Waals surface area contributed by atoms with E-state index in [0.717, 1.165) is 54.7 Å². The lowest BCUT2D eigenvalue weighted by molar-refractivity contribution is 0.0997. The quantitative estimate of drug-likeness (QED) is 0.315. The third kappa shape index (κ3) is 3.59. The van der Waals surface area contributed by atoms with Crippen LogP contribution in [0.2, 0.25) is 0 Å². The number of nitrogens with zero attached hydrogens (tertiary/aromatic N) is 5. The molecule has 0 fully saturated rings. The van der Waals surface area contributed by atoms with Gasteiger partial charge in [0.05, 0.1) is 23.4 Å². The average molecular weight is 528 g/mol. The zero-order chi connectivity index (χ0) is 24.3. The predicted octanol–water partition coefficient (Wildman–Crippen LogP) is 5.64. The van der Waals surface area contributed by atoms with Gasteiger partial charge in [0.25, 0.3) is 5.91 Å². The molecule has 35 heavy (non-hydrogen) atoms. The molecule has 0 aliphatic carbocycles. The van der Waals surface area contributed by atoms with Crippen molar-refractivity contribution in [3.8, 4) is 11.3 Å². The summed E-state index contributed by atoms with van der Waals surface area (Å²) >= 11 is 3.48. The van der Waals surface area contributed by atoms with Gasteiger partial charge in [-0.15, -0.1) is 0 Å². The molecule has 1 aliphatic rings. The van der Waals surface area contributed by atoms with Gasteiger partial charge in [-0.1, -0.05) is 34.1 Å². The van der Waals surface area contributed by atoms with E-state index < -0.39 is 0 Å². The van der Waals surface area contributed by atoms with Crippen LogP contribution in [0.4, 0.5) is 17.5 Å². The molecule has 3 aromatic heterocycles. The molecule has 174 valence electrons.